The molecule has 0 bridgehead atoms. The average Bonchev–Trinajstić information content (AvgIpc) is 2.86. The summed E-state index contributed by atoms with van der Waals surface area (Å²) < 4.78 is 27.5. The van der Waals surface area contributed by atoms with Gasteiger partial charge in [0.25, 0.3) is 0 Å². The number of anilines is 1. The van der Waals surface area contributed by atoms with E-state index in [4.69, 9.17) is 17.3 Å². The molecule has 2 aromatic rings. The van der Waals surface area contributed by atoms with Gasteiger partial charge >= 0.3 is 0 Å². The van der Waals surface area contributed by atoms with Gasteiger partial charge in [-0.25, -0.2) is 13.1 Å². The van der Waals surface area contributed by atoms with Crippen LogP contribution in [0.1, 0.15) is 24.1 Å². The minimum absolute atomic E-state index is 0.154. The molecule has 0 aliphatic carbocycles. The average molecular weight is 331 g/mol. The Morgan fingerprint density at radius 3 is 2.70 bits per heavy atom. The van der Waals surface area contributed by atoms with Crippen LogP contribution in [0.3, 0.4) is 0 Å². The van der Waals surface area contributed by atoms with Crippen LogP contribution in [0, 0.1) is 6.92 Å². The van der Waals surface area contributed by atoms with Crippen molar-refractivity contribution in [3.05, 3.63) is 45.1 Å². The Hall–Kier alpha value is -1.08. The predicted molar refractivity (Wildman–Crippen MR) is 83.7 cm³/mol. The molecule has 108 valence electrons. The quantitative estimate of drug-likeness (QED) is 0.844. The molecule has 4 nitrogen and oxygen atoms in total. The molecular formula is C13H15ClN2O2S2. The van der Waals surface area contributed by atoms with Crippen LogP contribution in [0.15, 0.2) is 33.9 Å². The number of benzene rings is 1. The van der Waals surface area contributed by atoms with Gasteiger partial charge in [-0.3, -0.25) is 0 Å². The largest absolute Gasteiger partial charge is 0.397 e. The number of hydrogen-bond donors (Lipinski definition) is 2. The summed E-state index contributed by atoms with van der Waals surface area (Å²) in [5.41, 5.74) is 7.43. The summed E-state index contributed by atoms with van der Waals surface area (Å²) in [4.78, 5) is 0.154. The third-order valence-electron chi connectivity index (χ3n) is 2.96. The number of aryl methyl sites for hydroxylation is 1. The number of nitrogen functional groups attached to an aromatic ring is 1. The lowest BCUT2D eigenvalue weighted by Crippen LogP contribution is -2.27. The topological polar surface area (TPSA) is 72.2 Å². The second-order valence-electron chi connectivity index (χ2n) is 4.54. The molecule has 1 aromatic heterocycles. The van der Waals surface area contributed by atoms with E-state index in [0.29, 0.717) is 10.6 Å². The van der Waals surface area contributed by atoms with Gasteiger partial charge in [0, 0.05) is 6.04 Å². The molecule has 7 heteroatoms. The molecule has 1 heterocycles. The van der Waals surface area contributed by atoms with E-state index in [1.807, 2.05) is 16.8 Å². The molecule has 2 rings (SSSR count). The van der Waals surface area contributed by atoms with Crippen LogP contribution in [0.25, 0.3) is 0 Å². The van der Waals surface area contributed by atoms with Gasteiger partial charge in [-0.05, 0) is 53.9 Å². The number of rotatable bonds is 4. The van der Waals surface area contributed by atoms with Gasteiger partial charge < -0.3 is 5.73 Å². The Kier molecular flexibility index (Phi) is 4.39. The van der Waals surface area contributed by atoms with E-state index < -0.39 is 10.0 Å². The number of halogens is 1. The van der Waals surface area contributed by atoms with Gasteiger partial charge in [-0.15, -0.1) is 0 Å². The van der Waals surface area contributed by atoms with Gasteiger partial charge in [0.1, 0.15) is 0 Å². The maximum atomic E-state index is 12.4. The van der Waals surface area contributed by atoms with Crippen molar-refractivity contribution in [1.29, 1.82) is 0 Å². The Morgan fingerprint density at radius 1 is 1.40 bits per heavy atom. The molecule has 20 heavy (non-hydrogen) atoms. The molecule has 0 radical (unpaired) electrons. The standard InChI is InChI=1S/C13H15ClN2O2S2/c1-8-5-11(14)12(15)6-13(8)20(17,18)16-9(2)10-3-4-19-7-10/h3-7,9,16H,15H2,1-2H3. The second kappa shape index (κ2) is 5.73. The van der Waals surface area contributed by atoms with Crippen LogP contribution < -0.4 is 10.5 Å². The van der Waals surface area contributed by atoms with E-state index in [1.54, 1.807) is 19.9 Å². The molecule has 1 aromatic carbocycles. The van der Waals surface area contributed by atoms with Crippen LogP contribution in [-0.4, -0.2) is 8.42 Å². The third-order valence-corrected chi connectivity index (χ3v) is 5.67. The van der Waals surface area contributed by atoms with Crippen molar-refractivity contribution in [2.75, 3.05) is 5.73 Å². The molecule has 0 saturated carbocycles. The maximum absolute atomic E-state index is 12.4. The SMILES string of the molecule is Cc1cc(Cl)c(N)cc1S(=O)(=O)NC(C)c1ccsc1. The van der Waals surface area contributed by atoms with E-state index in [9.17, 15) is 8.42 Å². The summed E-state index contributed by atoms with van der Waals surface area (Å²) in [6.07, 6.45) is 0. The molecule has 1 atom stereocenters. The molecule has 1 unspecified atom stereocenters. The number of nitrogens with one attached hydrogen (secondary N) is 1. The van der Waals surface area contributed by atoms with Crippen LogP contribution >= 0.6 is 22.9 Å². The minimum Gasteiger partial charge on any atom is -0.397 e. The summed E-state index contributed by atoms with van der Waals surface area (Å²) in [5.74, 6) is 0. The number of thiophene rings is 1. The van der Waals surface area contributed by atoms with E-state index in [-0.39, 0.29) is 16.6 Å². The summed E-state index contributed by atoms with van der Waals surface area (Å²) in [5, 5.41) is 4.18. The molecule has 0 aliphatic rings. The highest BCUT2D eigenvalue weighted by atomic mass is 35.5. The summed E-state index contributed by atoms with van der Waals surface area (Å²) in [7, 11) is -3.64. The summed E-state index contributed by atoms with van der Waals surface area (Å²) in [6, 6.07) is 4.53. The van der Waals surface area contributed by atoms with Crippen LogP contribution in [0.2, 0.25) is 5.02 Å². The van der Waals surface area contributed by atoms with Crippen molar-refractivity contribution in [2.45, 2.75) is 24.8 Å². The van der Waals surface area contributed by atoms with Crippen LogP contribution in [0.4, 0.5) is 5.69 Å². The highest BCUT2D eigenvalue weighted by Crippen LogP contribution is 2.27. The lowest BCUT2D eigenvalue weighted by atomic mass is 10.2. The van der Waals surface area contributed by atoms with Crippen molar-refractivity contribution in [3.63, 3.8) is 0 Å². The number of nitrogens with two attached hydrogens (primary N) is 1. The predicted octanol–water partition coefficient (Wildman–Crippen LogP) is 3.33. The minimum atomic E-state index is -3.64. The van der Waals surface area contributed by atoms with Gasteiger partial charge in [-0.1, -0.05) is 11.6 Å². The van der Waals surface area contributed by atoms with Crippen molar-refractivity contribution in [1.82, 2.24) is 4.72 Å². The third kappa shape index (κ3) is 3.15. The maximum Gasteiger partial charge on any atom is 0.241 e. The van der Waals surface area contributed by atoms with Gasteiger partial charge in [0.15, 0.2) is 0 Å². The summed E-state index contributed by atoms with van der Waals surface area (Å²) >= 11 is 7.41. The molecule has 0 saturated heterocycles. The van der Waals surface area contributed by atoms with E-state index in [2.05, 4.69) is 4.72 Å². The molecule has 0 amide bonds. The number of sulfonamides is 1. The van der Waals surface area contributed by atoms with E-state index in [0.717, 1.165) is 5.56 Å². The second-order valence-corrected chi connectivity index (χ2v) is 7.41. The van der Waals surface area contributed by atoms with E-state index >= 15 is 0 Å². The first-order valence-corrected chi connectivity index (χ1v) is 8.71. The van der Waals surface area contributed by atoms with Crippen molar-refractivity contribution in [2.24, 2.45) is 0 Å². The Labute approximate surface area is 127 Å². The van der Waals surface area contributed by atoms with Crippen molar-refractivity contribution >= 4 is 38.6 Å². The Balaban J connectivity index is 2.34. The molecule has 3 N–H and O–H groups in total. The molecule has 0 aliphatic heterocycles. The first-order valence-electron chi connectivity index (χ1n) is 5.91. The monoisotopic (exact) mass is 330 g/mol. The fourth-order valence-corrected chi connectivity index (χ4v) is 4.31. The van der Waals surface area contributed by atoms with Gasteiger partial charge in [-0.2, -0.15) is 11.3 Å². The summed E-state index contributed by atoms with van der Waals surface area (Å²) in [6.45, 7) is 3.49. The lowest BCUT2D eigenvalue weighted by Gasteiger charge is -2.15. The van der Waals surface area contributed by atoms with Crippen LogP contribution in [0.5, 0.6) is 0 Å². The fraction of sp³-hybridized carbons (Fsp3) is 0.231. The first kappa shape index (κ1) is 15.3. The highest BCUT2D eigenvalue weighted by Gasteiger charge is 2.21. The molecule has 0 fully saturated rings. The highest BCUT2D eigenvalue weighted by molar-refractivity contribution is 7.89. The van der Waals surface area contributed by atoms with Crippen molar-refractivity contribution < 1.29 is 8.42 Å². The van der Waals surface area contributed by atoms with Gasteiger partial charge in [0.05, 0.1) is 15.6 Å². The van der Waals surface area contributed by atoms with Crippen LogP contribution in [-0.2, 0) is 10.0 Å². The smallest absolute Gasteiger partial charge is 0.241 e. The van der Waals surface area contributed by atoms with Crippen molar-refractivity contribution in [3.8, 4) is 0 Å². The first-order chi connectivity index (χ1) is 9.31. The normalized spacial score (nSPS) is 13.3. The van der Waals surface area contributed by atoms with E-state index in [1.165, 1.54) is 17.4 Å². The number of hydrogen-bond acceptors (Lipinski definition) is 4. The fourth-order valence-electron chi connectivity index (χ4n) is 1.84. The Bertz CT molecular complexity index is 712. The molecule has 0 spiro atoms. The zero-order valence-electron chi connectivity index (χ0n) is 11.1. The molecular weight excluding hydrogens is 316 g/mol. The Morgan fingerprint density at radius 2 is 2.10 bits per heavy atom. The van der Waals surface area contributed by atoms with Gasteiger partial charge in [0.2, 0.25) is 10.0 Å². The zero-order chi connectivity index (χ0) is 14.9. The lowest BCUT2D eigenvalue weighted by molar-refractivity contribution is 0.566. The zero-order valence-corrected chi connectivity index (χ0v) is 13.4.